The van der Waals surface area contributed by atoms with E-state index in [9.17, 15) is 0 Å². The van der Waals surface area contributed by atoms with E-state index in [4.69, 9.17) is 9.47 Å². The fourth-order valence-corrected chi connectivity index (χ4v) is 2.40. The number of rotatable bonds is 7. The Hall–Kier alpha value is -2.83. The van der Waals surface area contributed by atoms with Crippen molar-refractivity contribution in [2.45, 2.75) is 0 Å². The zero-order valence-electron chi connectivity index (χ0n) is 14.3. The standard InChI is InChI=1S/C19H20N4O2/c1-24-13-23(14-25-2)19-21-17(15-9-5-3-6-10-15)20-18(22-19)16-11-7-4-8-12-16/h3-12H,13-14H2,1-2H3. The average molecular weight is 336 g/mol. The second kappa shape index (κ2) is 8.32. The van der Waals surface area contributed by atoms with Gasteiger partial charge in [-0.1, -0.05) is 60.7 Å². The molecule has 0 amide bonds. The molecule has 0 aliphatic carbocycles. The molecule has 0 spiro atoms. The fourth-order valence-electron chi connectivity index (χ4n) is 2.40. The number of aromatic nitrogens is 3. The molecule has 0 saturated heterocycles. The largest absolute Gasteiger partial charge is 0.364 e. The highest BCUT2D eigenvalue weighted by Gasteiger charge is 2.15. The van der Waals surface area contributed by atoms with Crippen LogP contribution in [0.4, 0.5) is 5.95 Å². The number of ether oxygens (including phenoxy) is 2. The van der Waals surface area contributed by atoms with Crippen molar-refractivity contribution in [3.8, 4) is 22.8 Å². The number of benzene rings is 2. The van der Waals surface area contributed by atoms with Gasteiger partial charge in [0.25, 0.3) is 0 Å². The first-order valence-electron chi connectivity index (χ1n) is 7.91. The molecule has 1 aromatic heterocycles. The van der Waals surface area contributed by atoms with Crippen LogP contribution in [-0.4, -0.2) is 42.6 Å². The summed E-state index contributed by atoms with van der Waals surface area (Å²) in [6.45, 7) is 0.640. The van der Waals surface area contributed by atoms with Crippen LogP contribution in [0.2, 0.25) is 0 Å². The highest BCUT2D eigenvalue weighted by Crippen LogP contribution is 2.22. The van der Waals surface area contributed by atoms with Crippen LogP contribution in [0.5, 0.6) is 0 Å². The summed E-state index contributed by atoms with van der Waals surface area (Å²) in [4.78, 5) is 15.7. The molecule has 1 heterocycles. The molecule has 0 fully saturated rings. The Morgan fingerprint density at radius 3 is 1.52 bits per heavy atom. The number of hydrogen-bond acceptors (Lipinski definition) is 6. The lowest BCUT2D eigenvalue weighted by molar-refractivity contribution is 0.139. The van der Waals surface area contributed by atoms with E-state index >= 15 is 0 Å². The first-order valence-corrected chi connectivity index (χ1v) is 7.91. The Kier molecular flexibility index (Phi) is 5.66. The molecule has 0 aliphatic heterocycles. The van der Waals surface area contributed by atoms with Gasteiger partial charge in [-0.05, 0) is 0 Å². The fraction of sp³-hybridized carbons (Fsp3) is 0.211. The SMILES string of the molecule is COCN(COC)c1nc(-c2ccccc2)nc(-c2ccccc2)n1. The minimum atomic E-state index is 0.320. The molecule has 3 rings (SSSR count). The predicted octanol–water partition coefficient (Wildman–Crippen LogP) is 3.22. The summed E-state index contributed by atoms with van der Waals surface area (Å²) in [6, 6.07) is 19.7. The Morgan fingerprint density at radius 1 is 0.680 bits per heavy atom. The molecular formula is C19H20N4O2. The van der Waals surface area contributed by atoms with Crippen molar-refractivity contribution in [3.05, 3.63) is 60.7 Å². The van der Waals surface area contributed by atoms with E-state index in [1.54, 1.807) is 19.1 Å². The molecule has 25 heavy (non-hydrogen) atoms. The summed E-state index contributed by atoms with van der Waals surface area (Å²) in [5, 5.41) is 0. The van der Waals surface area contributed by atoms with E-state index in [-0.39, 0.29) is 0 Å². The highest BCUT2D eigenvalue weighted by molar-refractivity contribution is 5.62. The maximum Gasteiger partial charge on any atom is 0.233 e. The molecule has 0 aliphatic rings. The number of methoxy groups -OCH3 is 2. The van der Waals surface area contributed by atoms with Crippen LogP contribution >= 0.6 is 0 Å². The monoisotopic (exact) mass is 336 g/mol. The topological polar surface area (TPSA) is 60.4 Å². The van der Waals surface area contributed by atoms with Gasteiger partial charge in [-0.3, -0.25) is 4.90 Å². The first-order chi connectivity index (χ1) is 12.3. The van der Waals surface area contributed by atoms with Crippen LogP contribution in [0.1, 0.15) is 0 Å². The van der Waals surface area contributed by atoms with Crippen molar-refractivity contribution in [2.75, 3.05) is 32.6 Å². The third-order valence-corrected chi connectivity index (χ3v) is 3.54. The van der Waals surface area contributed by atoms with Crippen LogP contribution in [0.15, 0.2) is 60.7 Å². The summed E-state index contributed by atoms with van der Waals surface area (Å²) < 4.78 is 10.5. The van der Waals surface area contributed by atoms with Crippen LogP contribution < -0.4 is 4.90 Å². The minimum Gasteiger partial charge on any atom is -0.364 e. The third-order valence-electron chi connectivity index (χ3n) is 3.54. The number of anilines is 1. The quantitative estimate of drug-likeness (QED) is 0.618. The lowest BCUT2D eigenvalue weighted by Gasteiger charge is -2.21. The highest BCUT2D eigenvalue weighted by atomic mass is 16.5. The summed E-state index contributed by atoms with van der Waals surface area (Å²) in [5.74, 6) is 1.74. The maximum absolute atomic E-state index is 5.25. The van der Waals surface area contributed by atoms with E-state index in [2.05, 4.69) is 15.0 Å². The van der Waals surface area contributed by atoms with Crippen LogP contribution in [-0.2, 0) is 9.47 Å². The van der Waals surface area contributed by atoms with Gasteiger partial charge in [-0.2, -0.15) is 9.97 Å². The Balaban J connectivity index is 2.11. The van der Waals surface area contributed by atoms with Crippen molar-refractivity contribution >= 4 is 5.95 Å². The van der Waals surface area contributed by atoms with Gasteiger partial charge in [0, 0.05) is 25.3 Å². The van der Waals surface area contributed by atoms with Crippen LogP contribution in [0.3, 0.4) is 0 Å². The van der Waals surface area contributed by atoms with Crippen molar-refractivity contribution in [3.63, 3.8) is 0 Å². The summed E-state index contributed by atoms with van der Waals surface area (Å²) in [7, 11) is 3.25. The van der Waals surface area contributed by atoms with Crippen molar-refractivity contribution in [1.82, 2.24) is 15.0 Å². The van der Waals surface area contributed by atoms with Crippen molar-refractivity contribution < 1.29 is 9.47 Å². The number of nitrogens with zero attached hydrogens (tertiary/aromatic N) is 4. The van der Waals surface area contributed by atoms with Gasteiger partial charge < -0.3 is 9.47 Å². The zero-order chi connectivity index (χ0) is 17.5. The van der Waals surface area contributed by atoms with Gasteiger partial charge in [0.15, 0.2) is 11.6 Å². The molecule has 0 N–H and O–H groups in total. The number of hydrogen-bond donors (Lipinski definition) is 0. The summed E-state index contributed by atoms with van der Waals surface area (Å²) in [5.41, 5.74) is 1.86. The van der Waals surface area contributed by atoms with Crippen molar-refractivity contribution in [1.29, 1.82) is 0 Å². The summed E-state index contributed by atoms with van der Waals surface area (Å²) >= 11 is 0. The van der Waals surface area contributed by atoms with E-state index in [1.807, 2.05) is 60.7 Å². The predicted molar refractivity (Wildman–Crippen MR) is 96.9 cm³/mol. The molecule has 2 aromatic carbocycles. The normalized spacial score (nSPS) is 10.6. The first kappa shape index (κ1) is 17.0. The van der Waals surface area contributed by atoms with Gasteiger partial charge in [0.1, 0.15) is 13.5 Å². The molecule has 0 bridgehead atoms. The maximum atomic E-state index is 5.25. The Morgan fingerprint density at radius 2 is 1.12 bits per heavy atom. The van der Waals surface area contributed by atoms with Crippen LogP contribution in [0.25, 0.3) is 22.8 Å². The van der Waals surface area contributed by atoms with Crippen LogP contribution in [0, 0.1) is 0 Å². The van der Waals surface area contributed by atoms with Gasteiger partial charge in [-0.25, -0.2) is 4.98 Å². The second-order valence-corrected chi connectivity index (χ2v) is 5.39. The van der Waals surface area contributed by atoms with E-state index in [0.29, 0.717) is 31.1 Å². The lowest BCUT2D eigenvalue weighted by atomic mass is 10.2. The molecule has 3 aromatic rings. The van der Waals surface area contributed by atoms with E-state index in [1.165, 1.54) is 0 Å². The second-order valence-electron chi connectivity index (χ2n) is 5.39. The molecule has 0 unspecified atom stereocenters. The molecular weight excluding hydrogens is 316 g/mol. The molecule has 0 saturated carbocycles. The lowest BCUT2D eigenvalue weighted by Crippen LogP contribution is -2.30. The molecule has 0 atom stereocenters. The van der Waals surface area contributed by atoms with Gasteiger partial charge in [-0.15, -0.1) is 0 Å². The van der Waals surface area contributed by atoms with Gasteiger partial charge in [0.2, 0.25) is 5.95 Å². The molecule has 6 nitrogen and oxygen atoms in total. The molecule has 128 valence electrons. The third kappa shape index (κ3) is 4.17. The van der Waals surface area contributed by atoms with Gasteiger partial charge in [0.05, 0.1) is 0 Å². The minimum absolute atomic E-state index is 0.320. The average Bonchev–Trinajstić information content (AvgIpc) is 2.69. The van der Waals surface area contributed by atoms with E-state index < -0.39 is 0 Å². The van der Waals surface area contributed by atoms with Crippen molar-refractivity contribution in [2.24, 2.45) is 0 Å². The Labute approximate surface area is 147 Å². The zero-order valence-corrected chi connectivity index (χ0v) is 14.3. The summed E-state index contributed by atoms with van der Waals surface area (Å²) in [6.07, 6.45) is 0. The Bertz CT molecular complexity index is 733. The van der Waals surface area contributed by atoms with E-state index in [0.717, 1.165) is 11.1 Å². The smallest absolute Gasteiger partial charge is 0.233 e. The molecule has 6 heteroatoms. The molecule has 0 radical (unpaired) electrons. The van der Waals surface area contributed by atoms with Gasteiger partial charge >= 0.3 is 0 Å².